The van der Waals surface area contributed by atoms with Gasteiger partial charge >= 0.3 is 0 Å². The minimum atomic E-state index is 0.216. The van der Waals surface area contributed by atoms with E-state index in [1.54, 1.807) is 20.0 Å². The lowest BCUT2D eigenvalue weighted by Gasteiger charge is -1.97. The molecule has 0 unspecified atom stereocenters. The van der Waals surface area contributed by atoms with Gasteiger partial charge < -0.3 is 5.11 Å². The Morgan fingerprint density at radius 1 is 1.31 bits per heavy atom. The maximum atomic E-state index is 9.50. The van der Waals surface area contributed by atoms with Crippen LogP contribution in [0.3, 0.4) is 0 Å². The van der Waals surface area contributed by atoms with Gasteiger partial charge in [0, 0.05) is 7.05 Å². The molecular formula is C11H13NO. The maximum Gasteiger partial charge on any atom is 0.136 e. The van der Waals surface area contributed by atoms with Gasteiger partial charge in [-0.3, -0.25) is 4.99 Å². The number of hydrogen-bond donors (Lipinski definition) is 1. The number of benzene rings is 1. The smallest absolute Gasteiger partial charge is 0.136 e. The van der Waals surface area contributed by atoms with Crippen molar-refractivity contribution in [1.29, 1.82) is 0 Å². The normalized spacial score (nSPS) is 13.1. The zero-order chi connectivity index (χ0) is 9.68. The van der Waals surface area contributed by atoms with Crippen LogP contribution in [0, 0.1) is 0 Å². The Hall–Kier alpha value is -1.57. The summed E-state index contributed by atoms with van der Waals surface area (Å²) < 4.78 is 0. The van der Waals surface area contributed by atoms with Crippen LogP contribution >= 0.6 is 0 Å². The summed E-state index contributed by atoms with van der Waals surface area (Å²) in [5.74, 6) is 0.216. The second-order valence-corrected chi connectivity index (χ2v) is 2.75. The first-order valence-corrected chi connectivity index (χ1v) is 4.13. The lowest BCUT2D eigenvalue weighted by molar-refractivity contribution is 0.447. The SMILES string of the molecule is CN=C(C)/C(O)=C\c1ccccc1. The van der Waals surface area contributed by atoms with Crippen molar-refractivity contribution in [3.05, 3.63) is 41.7 Å². The first-order valence-electron chi connectivity index (χ1n) is 4.13. The molecule has 0 fully saturated rings. The van der Waals surface area contributed by atoms with Gasteiger partial charge in [0.2, 0.25) is 0 Å². The van der Waals surface area contributed by atoms with Gasteiger partial charge in [0.05, 0.1) is 5.71 Å². The van der Waals surface area contributed by atoms with E-state index >= 15 is 0 Å². The molecule has 68 valence electrons. The summed E-state index contributed by atoms with van der Waals surface area (Å²) in [6.07, 6.45) is 1.70. The molecule has 13 heavy (non-hydrogen) atoms. The Morgan fingerprint density at radius 3 is 2.46 bits per heavy atom. The molecule has 2 nitrogen and oxygen atoms in total. The van der Waals surface area contributed by atoms with E-state index in [0.29, 0.717) is 5.71 Å². The van der Waals surface area contributed by atoms with Crippen molar-refractivity contribution < 1.29 is 5.11 Å². The number of allylic oxidation sites excluding steroid dienone is 1. The summed E-state index contributed by atoms with van der Waals surface area (Å²) in [5.41, 5.74) is 1.62. The number of nitrogens with zero attached hydrogens (tertiary/aromatic N) is 1. The van der Waals surface area contributed by atoms with E-state index in [0.717, 1.165) is 5.56 Å². The van der Waals surface area contributed by atoms with E-state index in [-0.39, 0.29) is 5.76 Å². The van der Waals surface area contributed by atoms with Crippen LogP contribution < -0.4 is 0 Å². The molecule has 1 rings (SSSR count). The molecule has 0 heterocycles. The van der Waals surface area contributed by atoms with Crippen molar-refractivity contribution >= 4 is 11.8 Å². The van der Waals surface area contributed by atoms with Crippen molar-refractivity contribution in [2.45, 2.75) is 6.92 Å². The standard InChI is InChI=1S/C11H13NO/c1-9(12-2)11(13)8-10-6-4-3-5-7-10/h3-8,13H,1-2H3/b11-8+,12-9?. The monoisotopic (exact) mass is 175 g/mol. The van der Waals surface area contributed by atoms with E-state index in [9.17, 15) is 5.11 Å². The molecule has 0 radical (unpaired) electrons. The van der Waals surface area contributed by atoms with Crippen LogP contribution in [0.1, 0.15) is 12.5 Å². The molecular weight excluding hydrogens is 162 g/mol. The van der Waals surface area contributed by atoms with Gasteiger partial charge in [0.1, 0.15) is 5.76 Å². The lowest BCUT2D eigenvalue weighted by atomic mass is 10.2. The fourth-order valence-electron chi connectivity index (χ4n) is 0.926. The third-order valence-corrected chi connectivity index (χ3v) is 1.81. The van der Waals surface area contributed by atoms with Crippen molar-refractivity contribution in [2.24, 2.45) is 4.99 Å². The first-order chi connectivity index (χ1) is 6.24. The van der Waals surface area contributed by atoms with Crippen LogP contribution in [0.4, 0.5) is 0 Å². The molecule has 0 saturated heterocycles. The van der Waals surface area contributed by atoms with Gasteiger partial charge in [0.15, 0.2) is 0 Å². The molecule has 1 aromatic rings. The Labute approximate surface area is 78.3 Å². The zero-order valence-corrected chi connectivity index (χ0v) is 7.86. The van der Waals surface area contributed by atoms with Gasteiger partial charge in [-0.25, -0.2) is 0 Å². The molecule has 0 amide bonds. The Kier molecular flexibility index (Phi) is 3.26. The van der Waals surface area contributed by atoms with Gasteiger partial charge in [-0.1, -0.05) is 30.3 Å². The number of aliphatic imine (C=N–C) groups is 1. The molecule has 0 spiro atoms. The summed E-state index contributed by atoms with van der Waals surface area (Å²) in [5, 5.41) is 9.50. The van der Waals surface area contributed by atoms with Gasteiger partial charge in [-0.2, -0.15) is 0 Å². The van der Waals surface area contributed by atoms with Crippen LogP contribution in [0.15, 0.2) is 41.1 Å². The highest BCUT2D eigenvalue weighted by Crippen LogP contribution is 2.05. The molecule has 1 aromatic carbocycles. The third kappa shape index (κ3) is 2.75. The summed E-state index contributed by atoms with van der Waals surface area (Å²) in [6, 6.07) is 9.66. The average molecular weight is 175 g/mol. The van der Waals surface area contributed by atoms with Crippen LogP contribution in [0.2, 0.25) is 0 Å². The van der Waals surface area contributed by atoms with Crippen LogP contribution in [0.5, 0.6) is 0 Å². The summed E-state index contributed by atoms with van der Waals surface area (Å²) in [6.45, 7) is 1.77. The lowest BCUT2D eigenvalue weighted by Crippen LogP contribution is -1.95. The number of hydrogen-bond acceptors (Lipinski definition) is 2. The molecule has 0 aliphatic rings. The van der Waals surface area contributed by atoms with E-state index in [1.807, 2.05) is 30.3 Å². The highest BCUT2D eigenvalue weighted by molar-refractivity contribution is 5.99. The largest absolute Gasteiger partial charge is 0.506 e. The minimum absolute atomic E-state index is 0.216. The Morgan fingerprint density at radius 2 is 1.92 bits per heavy atom. The summed E-state index contributed by atoms with van der Waals surface area (Å²) >= 11 is 0. The molecule has 0 aliphatic carbocycles. The highest BCUT2D eigenvalue weighted by Gasteiger charge is 1.96. The van der Waals surface area contributed by atoms with Gasteiger partial charge in [-0.15, -0.1) is 0 Å². The fourth-order valence-corrected chi connectivity index (χ4v) is 0.926. The van der Waals surface area contributed by atoms with Crippen LogP contribution in [0.25, 0.3) is 6.08 Å². The molecule has 0 atom stereocenters. The number of rotatable bonds is 2. The average Bonchev–Trinajstić information content (AvgIpc) is 2.18. The highest BCUT2D eigenvalue weighted by atomic mass is 16.3. The number of aliphatic hydroxyl groups excluding tert-OH is 1. The topological polar surface area (TPSA) is 32.6 Å². The van der Waals surface area contributed by atoms with E-state index in [4.69, 9.17) is 0 Å². The molecule has 2 heteroatoms. The summed E-state index contributed by atoms with van der Waals surface area (Å²) in [4.78, 5) is 3.88. The quantitative estimate of drug-likeness (QED) is 0.544. The number of aliphatic hydroxyl groups is 1. The molecule has 0 saturated carbocycles. The maximum absolute atomic E-state index is 9.50. The van der Waals surface area contributed by atoms with Gasteiger partial charge in [0.25, 0.3) is 0 Å². The molecule has 0 aliphatic heterocycles. The van der Waals surface area contributed by atoms with Crippen molar-refractivity contribution in [3.8, 4) is 0 Å². The molecule has 0 aromatic heterocycles. The summed E-state index contributed by atoms with van der Waals surface area (Å²) in [7, 11) is 1.66. The Bertz CT molecular complexity index is 325. The second-order valence-electron chi connectivity index (χ2n) is 2.75. The van der Waals surface area contributed by atoms with Crippen LogP contribution in [-0.2, 0) is 0 Å². The molecule has 1 N–H and O–H groups in total. The van der Waals surface area contributed by atoms with E-state index < -0.39 is 0 Å². The van der Waals surface area contributed by atoms with Crippen molar-refractivity contribution in [3.63, 3.8) is 0 Å². The Balaban J connectivity index is 2.89. The van der Waals surface area contributed by atoms with Crippen molar-refractivity contribution in [2.75, 3.05) is 7.05 Å². The molecule has 0 bridgehead atoms. The van der Waals surface area contributed by atoms with Crippen LogP contribution in [-0.4, -0.2) is 17.9 Å². The first kappa shape index (κ1) is 9.52. The fraction of sp³-hybridized carbons (Fsp3) is 0.182. The van der Waals surface area contributed by atoms with Gasteiger partial charge in [-0.05, 0) is 18.6 Å². The minimum Gasteiger partial charge on any atom is -0.506 e. The van der Waals surface area contributed by atoms with E-state index in [2.05, 4.69) is 4.99 Å². The van der Waals surface area contributed by atoms with Crippen molar-refractivity contribution in [1.82, 2.24) is 0 Å². The third-order valence-electron chi connectivity index (χ3n) is 1.81. The van der Waals surface area contributed by atoms with E-state index in [1.165, 1.54) is 0 Å². The zero-order valence-electron chi connectivity index (χ0n) is 7.86. The second kappa shape index (κ2) is 4.45. The predicted octanol–water partition coefficient (Wildman–Crippen LogP) is 2.68. The predicted molar refractivity (Wildman–Crippen MR) is 56.1 cm³/mol.